The minimum atomic E-state index is 0.596. The van der Waals surface area contributed by atoms with Gasteiger partial charge in [0, 0.05) is 37.1 Å². The third-order valence-corrected chi connectivity index (χ3v) is 5.21. The van der Waals surface area contributed by atoms with E-state index in [0.29, 0.717) is 6.04 Å². The van der Waals surface area contributed by atoms with Crippen molar-refractivity contribution in [3.8, 4) is 0 Å². The van der Waals surface area contributed by atoms with Gasteiger partial charge < -0.3 is 5.32 Å². The summed E-state index contributed by atoms with van der Waals surface area (Å²) in [6, 6.07) is 11.3. The van der Waals surface area contributed by atoms with Crippen LogP contribution in [0, 0.1) is 13.8 Å². The third kappa shape index (κ3) is 3.90. The molecule has 1 aliphatic heterocycles. The maximum absolute atomic E-state index is 4.60. The van der Waals surface area contributed by atoms with Crippen LogP contribution < -0.4 is 5.32 Å². The molecule has 0 saturated carbocycles. The molecule has 0 radical (unpaired) electrons. The summed E-state index contributed by atoms with van der Waals surface area (Å²) in [5.74, 6) is 0. The van der Waals surface area contributed by atoms with E-state index in [2.05, 4.69) is 59.4 Å². The normalized spacial score (nSPS) is 19.2. The Bertz CT molecular complexity index is 559. The minimum absolute atomic E-state index is 0.596. The second-order valence-corrected chi connectivity index (χ2v) is 7.12. The number of thiazole rings is 1. The van der Waals surface area contributed by atoms with Crippen molar-refractivity contribution in [1.29, 1.82) is 0 Å². The zero-order valence-electron chi connectivity index (χ0n) is 12.8. The highest BCUT2D eigenvalue weighted by Gasteiger charge is 2.22. The zero-order chi connectivity index (χ0) is 14.7. The molecule has 1 N–H and O–H groups in total. The predicted octanol–water partition coefficient (Wildman–Crippen LogP) is 3.12. The van der Waals surface area contributed by atoms with Gasteiger partial charge in [0.1, 0.15) is 5.01 Å². The van der Waals surface area contributed by atoms with Crippen LogP contribution in [0.3, 0.4) is 0 Å². The van der Waals surface area contributed by atoms with Crippen molar-refractivity contribution < 1.29 is 0 Å². The number of hydrogen-bond acceptors (Lipinski definition) is 4. The highest BCUT2D eigenvalue weighted by Crippen LogP contribution is 2.18. The van der Waals surface area contributed by atoms with Crippen LogP contribution in [-0.2, 0) is 13.1 Å². The molecule has 3 rings (SSSR count). The summed E-state index contributed by atoms with van der Waals surface area (Å²) in [6.45, 7) is 8.53. The number of nitrogens with one attached hydrogen (secondary N) is 1. The van der Waals surface area contributed by atoms with Crippen molar-refractivity contribution in [1.82, 2.24) is 15.2 Å². The molecule has 1 aliphatic rings. The van der Waals surface area contributed by atoms with Gasteiger partial charge in [-0.25, -0.2) is 4.98 Å². The zero-order valence-corrected chi connectivity index (χ0v) is 13.6. The summed E-state index contributed by atoms with van der Waals surface area (Å²) in [6.07, 6.45) is 1.23. The molecule has 1 saturated heterocycles. The van der Waals surface area contributed by atoms with Gasteiger partial charge in [0.2, 0.25) is 0 Å². The number of aryl methyl sites for hydroxylation is 2. The van der Waals surface area contributed by atoms with E-state index >= 15 is 0 Å². The van der Waals surface area contributed by atoms with Crippen LogP contribution in [0.2, 0.25) is 0 Å². The summed E-state index contributed by atoms with van der Waals surface area (Å²) in [7, 11) is 0. The van der Waals surface area contributed by atoms with Gasteiger partial charge in [-0.1, -0.05) is 30.3 Å². The Labute approximate surface area is 131 Å². The quantitative estimate of drug-likeness (QED) is 0.919. The van der Waals surface area contributed by atoms with E-state index in [1.165, 1.54) is 34.1 Å². The molecule has 2 heterocycles. The molecular weight excluding hydrogens is 278 g/mol. The summed E-state index contributed by atoms with van der Waals surface area (Å²) in [5.41, 5.74) is 2.58. The lowest BCUT2D eigenvalue weighted by molar-refractivity contribution is 0.320. The fourth-order valence-electron chi connectivity index (χ4n) is 2.83. The first-order chi connectivity index (χ1) is 10.2. The third-order valence-electron chi connectivity index (χ3n) is 4.14. The van der Waals surface area contributed by atoms with Gasteiger partial charge in [0.15, 0.2) is 0 Å². The minimum Gasteiger partial charge on any atom is -0.306 e. The Morgan fingerprint density at radius 1 is 1.29 bits per heavy atom. The number of hydrogen-bond donors (Lipinski definition) is 1. The molecule has 4 heteroatoms. The van der Waals surface area contributed by atoms with Gasteiger partial charge in [-0.2, -0.15) is 0 Å². The Hall–Kier alpha value is -1.23. The van der Waals surface area contributed by atoms with Crippen molar-refractivity contribution in [2.24, 2.45) is 0 Å². The fraction of sp³-hybridized carbons (Fsp3) is 0.471. The average molecular weight is 301 g/mol. The fourth-order valence-corrected chi connectivity index (χ4v) is 3.72. The highest BCUT2D eigenvalue weighted by atomic mass is 32.1. The van der Waals surface area contributed by atoms with Gasteiger partial charge in [0.05, 0.1) is 5.69 Å². The predicted molar refractivity (Wildman–Crippen MR) is 88.6 cm³/mol. The lowest BCUT2D eigenvalue weighted by Gasteiger charge is -2.16. The summed E-state index contributed by atoms with van der Waals surface area (Å²) < 4.78 is 0. The molecule has 0 aliphatic carbocycles. The number of nitrogens with zero attached hydrogens (tertiary/aromatic N) is 2. The molecule has 112 valence electrons. The van der Waals surface area contributed by atoms with Crippen LogP contribution in [0.4, 0.5) is 0 Å². The summed E-state index contributed by atoms with van der Waals surface area (Å²) >= 11 is 1.81. The largest absolute Gasteiger partial charge is 0.306 e. The lowest BCUT2D eigenvalue weighted by atomic mass is 10.2. The Morgan fingerprint density at radius 3 is 2.81 bits per heavy atom. The maximum atomic E-state index is 4.60. The number of benzene rings is 1. The van der Waals surface area contributed by atoms with Crippen molar-refractivity contribution in [2.75, 3.05) is 13.1 Å². The second-order valence-electron chi connectivity index (χ2n) is 5.84. The van der Waals surface area contributed by atoms with Crippen molar-refractivity contribution >= 4 is 11.3 Å². The molecule has 2 aromatic rings. The molecule has 1 aromatic heterocycles. The van der Waals surface area contributed by atoms with E-state index in [9.17, 15) is 0 Å². The van der Waals surface area contributed by atoms with Crippen LogP contribution in [0.1, 0.15) is 27.6 Å². The van der Waals surface area contributed by atoms with E-state index in [1.807, 2.05) is 11.3 Å². The number of aromatic nitrogens is 1. The van der Waals surface area contributed by atoms with Crippen LogP contribution >= 0.6 is 11.3 Å². The first-order valence-electron chi connectivity index (χ1n) is 7.63. The Morgan fingerprint density at radius 2 is 2.10 bits per heavy atom. The van der Waals surface area contributed by atoms with E-state index in [0.717, 1.165) is 19.6 Å². The maximum Gasteiger partial charge on any atom is 0.107 e. The Balaban J connectivity index is 1.46. The van der Waals surface area contributed by atoms with E-state index in [4.69, 9.17) is 0 Å². The van der Waals surface area contributed by atoms with E-state index in [-0.39, 0.29) is 0 Å². The molecule has 1 atom stereocenters. The topological polar surface area (TPSA) is 28.2 Å². The first kappa shape index (κ1) is 14.7. The molecule has 1 fully saturated rings. The van der Waals surface area contributed by atoms with Gasteiger partial charge >= 0.3 is 0 Å². The molecule has 21 heavy (non-hydrogen) atoms. The second kappa shape index (κ2) is 6.69. The lowest BCUT2D eigenvalue weighted by Crippen LogP contribution is -2.31. The van der Waals surface area contributed by atoms with Gasteiger partial charge in [-0.15, -0.1) is 11.3 Å². The van der Waals surface area contributed by atoms with Crippen LogP contribution in [-0.4, -0.2) is 29.0 Å². The van der Waals surface area contributed by atoms with Crippen molar-refractivity contribution in [3.63, 3.8) is 0 Å². The molecule has 0 spiro atoms. The molecular formula is C17H23N3S. The van der Waals surface area contributed by atoms with Gasteiger partial charge in [-0.3, -0.25) is 4.90 Å². The highest BCUT2D eigenvalue weighted by molar-refractivity contribution is 7.11. The standard InChI is InChI=1S/C17H23N3S/c1-13-14(2)21-17(19-13)10-18-16-8-9-20(12-16)11-15-6-4-3-5-7-15/h3-7,16,18H,8-12H2,1-2H3/t16-/m0/s1. The van der Waals surface area contributed by atoms with Crippen LogP contribution in [0.25, 0.3) is 0 Å². The van der Waals surface area contributed by atoms with E-state index < -0.39 is 0 Å². The molecule has 1 aromatic carbocycles. The van der Waals surface area contributed by atoms with Crippen molar-refractivity contribution in [2.45, 2.75) is 39.4 Å². The summed E-state index contributed by atoms with van der Waals surface area (Å²) in [5, 5.41) is 4.87. The van der Waals surface area contributed by atoms with Crippen molar-refractivity contribution in [3.05, 3.63) is 51.5 Å². The average Bonchev–Trinajstić information content (AvgIpc) is 3.05. The number of likely N-dealkylation sites (tertiary alicyclic amines) is 1. The molecule has 0 unspecified atom stereocenters. The molecule has 3 nitrogen and oxygen atoms in total. The summed E-state index contributed by atoms with van der Waals surface area (Å²) in [4.78, 5) is 8.47. The van der Waals surface area contributed by atoms with E-state index in [1.54, 1.807) is 0 Å². The number of rotatable bonds is 5. The molecule has 0 bridgehead atoms. The first-order valence-corrected chi connectivity index (χ1v) is 8.45. The molecule has 0 amide bonds. The van der Waals surface area contributed by atoms with Gasteiger partial charge in [0.25, 0.3) is 0 Å². The van der Waals surface area contributed by atoms with Crippen LogP contribution in [0.5, 0.6) is 0 Å². The SMILES string of the molecule is Cc1nc(CN[C@H]2CCN(Cc3ccccc3)C2)sc1C. The van der Waals surface area contributed by atoms with Gasteiger partial charge in [-0.05, 0) is 25.8 Å². The van der Waals surface area contributed by atoms with Crippen LogP contribution in [0.15, 0.2) is 30.3 Å². The smallest absolute Gasteiger partial charge is 0.107 e. The monoisotopic (exact) mass is 301 g/mol. The Kier molecular flexibility index (Phi) is 4.68.